The molecule has 0 radical (unpaired) electrons. The van der Waals surface area contributed by atoms with Crippen molar-refractivity contribution in [2.24, 2.45) is 29.1 Å². The van der Waals surface area contributed by atoms with Gasteiger partial charge in [-0.15, -0.1) is 0 Å². The first-order chi connectivity index (χ1) is 33.3. The molecule has 2 saturated heterocycles. The number of carbonyl (C=O) groups is 3. The Morgan fingerprint density at radius 1 is 0.710 bits per heavy atom. The average Bonchev–Trinajstić information content (AvgIpc) is 4.22. The number of ether oxygens (including phenoxy) is 2. The Bertz CT molecular complexity index is 2800. The van der Waals surface area contributed by atoms with Crippen LogP contribution in [0.15, 0.2) is 73.1 Å². The van der Waals surface area contributed by atoms with Crippen molar-refractivity contribution >= 4 is 29.1 Å². The number of H-pyrrole nitrogens is 2. The Morgan fingerprint density at radius 2 is 1.28 bits per heavy atom. The molecule has 4 aliphatic carbocycles. The molecule has 3 amide bonds. The number of aromatic amines is 2. The van der Waals surface area contributed by atoms with Crippen LogP contribution in [-0.2, 0) is 27.1 Å². The summed E-state index contributed by atoms with van der Waals surface area (Å²) in [6.07, 6.45) is 14.6. The number of aromatic nitrogens is 4. The van der Waals surface area contributed by atoms with E-state index in [9.17, 15) is 14.4 Å². The van der Waals surface area contributed by atoms with E-state index in [0.717, 1.165) is 91.0 Å². The molecule has 3 aromatic carbocycles. The monoisotopic (exact) mass is 933 g/mol. The van der Waals surface area contributed by atoms with Crippen LogP contribution in [0.25, 0.3) is 44.5 Å². The van der Waals surface area contributed by atoms with E-state index in [-0.39, 0.29) is 41.9 Å². The predicted molar refractivity (Wildman–Crippen MR) is 267 cm³/mol. The van der Waals surface area contributed by atoms with Crippen LogP contribution in [0.5, 0.6) is 0 Å². The lowest BCUT2D eigenvalue weighted by atomic mass is 9.82. The molecule has 4 heterocycles. The molecule has 8 atom stereocenters. The van der Waals surface area contributed by atoms with E-state index in [1.165, 1.54) is 73.3 Å². The summed E-state index contributed by atoms with van der Waals surface area (Å²) in [7, 11) is 2.73. The number of amides is 3. The molecule has 362 valence electrons. The highest BCUT2D eigenvalue weighted by atomic mass is 16.5. The average molecular weight is 933 g/mol. The molecule has 4 unspecified atom stereocenters. The Hall–Kier alpha value is -6.11. The Balaban J connectivity index is 0.865. The number of piperidine rings is 2. The maximum Gasteiger partial charge on any atom is 0.407 e. The minimum atomic E-state index is -0.676. The van der Waals surface area contributed by atoms with E-state index in [1.54, 1.807) is 0 Å². The molecular formula is C56H68N8O5. The van der Waals surface area contributed by atoms with Crippen molar-refractivity contribution in [1.29, 1.82) is 0 Å². The van der Waals surface area contributed by atoms with Gasteiger partial charge >= 0.3 is 12.2 Å². The third-order valence-corrected chi connectivity index (χ3v) is 17.3. The maximum atomic E-state index is 14.2. The number of fused-ring (bicyclic) bond motifs is 6. The lowest BCUT2D eigenvalue weighted by Gasteiger charge is -2.41. The molecule has 6 aliphatic rings. The van der Waals surface area contributed by atoms with Gasteiger partial charge in [0.05, 0.1) is 55.3 Å². The van der Waals surface area contributed by atoms with Crippen molar-refractivity contribution in [2.45, 2.75) is 141 Å². The molecular weight excluding hydrogens is 865 g/mol. The molecule has 2 aromatic heterocycles. The number of nitrogens with one attached hydrogen (secondary N) is 4. The normalized spacial score (nSPS) is 25.0. The van der Waals surface area contributed by atoms with Crippen molar-refractivity contribution in [3.63, 3.8) is 0 Å². The van der Waals surface area contributed by atoms with Gasteiger partial charge in [-0.1, -0.05) is 89.6 Å². The number of hydrogen-bond donors (Lipinski definition) is 4. The Labute approximate surface area is 405 Å². The number of alkyl carbamates (subject to hydrolysis) is 2. The molecule has 2 aliphatic heterocycles. The van der Waals surface area contributed by atoms with Gasteiger partial charge in [0.2, 0.25) is 5.91 Å². The predicted octanol–water partition coefficient (Wildman–Crippen LogP) is 10.8. The van der Waals surface area contributed by atoms with Gasteiger partial charge in [-0.2, -0.15) is 0 Å². The van der Waals surface area contributed by atoms with E-state index < -0.39 is 18.2 Å². The third-order valence-electron chi connectivity index (χ3n) is 17.3. The Morgan fingerprint density at radius 3 is 1.90 bits per heavy atom. The van der Waals surface area contributed by atoms with Gasteiger partial charge in [0.25, 0.3) is 0 Å². The first-order valence-corrected chi connectivity index (χ1v) is 25.6. The molecule has 3 saturated carbocycles. The highest BCUT2D eigenvalue weighted by Gasteiger charge is 2.52. The minimum absolute atomic E-state index is 0.0659. The highest BCUT2D eigenvalue weighted by Crippen LogP contribution is 2.55. The van der Waals surface area contributed by atoms with Gasteiger partial charge in [0.1, 0.15) is 17.7 Å². The zero-order valence-electron chi connectivity index (χ0n) is 41.1. The number of methoxy groups -OCH3 is 2. The summed E-state index contributed by atoms with van der Waals surface area (Å²) in [5.41, 5.74) is 13.1. The van der Waals surface area contributed by atoms with Crippen LogP contribution in [0.3, 0.4) is 0 Å². The number of nitrogens with zero attached hydrogens (tertiary/aromatic N) is 4. The molecule has 13 heteroatoms. The van der Waals surface area contributed by atoms with E-state index >= 15 is 0 Å². The minimum Gasteiger partial charge on any atom is -0.453 e. The molecule has 5 fully saturated rings. The van der Waals surface area contributed by atoms with Crippen molar-refractivity contribution in [3.8, 4) is 33.5 Å². The molecule has 13 nitrogen and oxygen atoms in total. The third kappa shape index (κ3) is 7.88. The smallest absolute Gasteiger partial charge is 0.407 e. The van der Waals surface area contributed by atoms with Crippen LogP contribution >= 0.6 is 0 Å². The SMILES string of the molecule is C=C([C@@H](NC(=O)OC)C(C)C)N1C2CCC(C2)[C@H]1c1ncc(-c2ccc(-c3ccc(-c4ccc5[nH]c([C@@H]6C7CCC(C7)N6C(=O)[C@@H](NC(=O)OC)C(C)C)nc5c4)c4c3CC3(CCCC3)C4)cc2)[nH]1. The largest absolute Gasteiger partial charge is 0.453 e. The van der Waals surface area contributed by atoms with Crippen molar-refractivity contribution < 1.29 is 23.9 Å². The van der Waals surface area contributed by atoms with Gasteiger partial charge in [0.15, 0.2) is 0 Å². The van der Waals surface area contributed by atoms with Gasteiger partial charge in [0, 0.05) is 17.8 Å². The van der Waals surface area contributed by atoms with Gasteiger partial charge in [-0.05, 0) is 144 Å². The molecule has 1 spiro atoms. The van der Waals surface area contributed by atoms with Gasteiger partial charge < -0.3 is 39.9 Å². The van der Waals surface area contributed by atoms with Crippen molar-refractivity contribution in [3.05, 3.63) is 95.8 Å². The fourth-order valence-corrected chi connectivity index (χ4v) is 14.0. The second-order valence-electron chi connectivity index (χ2n) is 22.0. The van der Waals surface area contributed by atoms with Crippen LogP contribution in [0, 0.1) is 29.1 Å². The maximum absolute atomic E-state index is 14.2. The second kappa shape index (κ2) is 17.7. The summed E-state index contributed by atoms with van der Waals surface area (Å²) in [5, 5.41) is 5.86. The highest BCUT2D eigenvalue weighted by molar-refractivity contribution is 5.88. The number of rotatable bonds is 12. The van der Waals surface area contributed by atoms with Gasteiger partial charge in [-0.3, -0.25) is 4.79 Å². The molecule has 11 rings (SSSR count). The molecule has 4 bridgehead atoms. The lowest BCUT2D eigenvalue weighted by Crippen LogP contribution is -2.54. The molecule has 4 N–H and O–H groups in total. The first kappa shape index (κ1) is 45.3. The lowest BCUT2D eigenvalue weighted by molar-refractivity contribution is -0.139. The summed E-state index contributed by atoms with van der Waals surface area (Å²) in [6.45, 7) is 12.7. The second-order valence-corrected chi connectivity index (χ2v) is 22.0. The fourth-order valence-electron chi connectivity index (χ4n) is 14.0. The number of benzene rings is 3. The quantitative estimate of drug-likeness (QED) is 0.0963. The molecule has 69 heavy (non-hydrogen) atoms. The number of carbonyl (C=O) groups excluding carboxylic acids is 3. The summed E-state index contributed by atoms with van der Waals surface area (Å²) < 4.78 is 9.88. The standard InChI is InChI=1S/C56H68N8O5/c1-30(2)47(61-54(66)68-6)32(5)63-38-17-14-36(24-38)49(63)51-57-29-46(60-51)34-12-10-33(11-13-34)40-19-20-41(43-28-56(27-42(40)43)22-8-9-23-56)35-16-21-44-45(26-35)59-52(58-44)50-37-15-18-39(25-37)64(50)53(65)48(31(3)4)62-55(67)69-7/h10-13,16,19-21,26,29-31,36-39,47-50H,5,8-9,14-15,17-18,22-25,27-28H2,1-4,6-7H3,(H,57,60)(H,58,59)(H,61,66)(H,62,67)/t36?,37?,38?,39?,47-,48-,49-,50-/m0/s1. The van der Waals surface area contributed by atoms with Crippen LogP contribution < -0.4 is 10.6 Å². The number of imidazole rings is 2. The zero-order valence-corrected chi connectivity index (χ0v) is 41.1. The summed E-state index contributed by atoms with van der Waals surface area (Å²) in [5.74, 6) is 2.56. The van der Waals surface area contributed by atoms with Crippen LogP contribution in [-0.4, -0.2) is 86.2 Å². The van der Waals surface area contributed by atoms with Crippen LogP contribution in [0.4, 0.5) is 9.59 Å². The van der Waals surface area contributed by atoms with Crippen molar-refractivity contribution in [1.82, 2.24) is 40.4 Å². The van der Waals surface area contributed by atoms with E-state index in [1.807, 2.05) is 24.9 Å². The van der Waals surface area contributed by atoms with Crippen molar-refractivity contribution in [2.75, 3.05) is 14.2 Å². The summed E-state index contributed by atoms with van der Waals surface area (Å²) in [4.78, 5) is 61.0. The topological polar surface area (TPSA) is 158 Å². The van der Waals surface area contributed by atoms with Crippen LogP contribution in [0.2, 0.25) is 0 Å². The number of hydrogen-bond acceptors (Lipinski definition) is 8. The summed E-state index contributed by atoms with van der Waals surface area (Å²) in [6, 6.07) is 19.8. The first-order valence-electron chi connectivity index (χ1n) is 25.6. The summed E-state index contributed by atoms with van der Waals surface area (Å²) >= 11 is 0. The number of likely N-dealkylation sites (tertiary alicyclic amines) is 2. The van der Waals surface area contributed by atoms with E-state index in [4.69, 9.17) is 19.4 Å². The van der Waals surface area contributed by atoms with E-state index in [2.05, 4.69) is 101 Å². The molecule has 5 aromatic rings. The van der Waals surface area contributed by atoms with E-state index in [0.29, 0.717) is 23.3 Å². The van der Waals surface area contributed by atoms with Crippen LogP contribution in [0.1, 0.15) is 127 Å². The fraction of sp³-hybridized carbons (Fsp3) is 0.518. The Kier molecular flexibility index (Phi) is 11.6. The van der Waals surface area contributed by atoms with Gasteiger partial charge in [-0.25, -0.2) is 19.6 Å². The zero-order chi connectivity index (χ0) is 47.9.